The number of amides is 2. The minimum atomic E-state index is -0.0807. The Morgan fingerprint density at radius 2 is 1.75 bits per heavy atom. The molecule has 0 radical (unpaired) electrons. The van der Waals surface area contributed by atoms with E-state index in [1.807, 2.05) is 52.8 Å². The van der Waals surface area contributed by atoms with Crippen LogP contribution in [0.3, 0.4) is 0 Å². The average molecular weight is 431 g/mol. The molecule has 166 valence electrons. The molecule has 1 aromatic heterocycles. The Labute approximate surface area is 188 Å². The van der Waals surface area contributed by atoms with Gasteiger partial charge in [0.2, 0.25) is 0 Å². The Hall–Kier alpha value is -3.12. The molecule has 2 amide bonds. The Bertz CT molecular complexity index is 1200. The van der Waals surface area contributed by atoms with Crippen LogP contribution >= 0.6 is 0 Å². The molecular formula is C26H30N4O2. The van der Waals surface area contributed by atoms with Gasteiger partial charge in [-0.15, -0.1) is 0 Å². The first-order chi connectivity index (χ1) is 15.6. The van der Waals surface area contributed by atoms with Gasteiger partial charge in [-0.2, -0.15) is 0 Å². The summed E-state index contributed by atoms with van der Waals surface area (Å²) in [6.45, 7) is 5.28. The van der Waals surface area contributed by atoms with E-state index in [1.165, 1.54) is 0 Å². The average Bonchev–Trinajstić information content (AvgIpc) is 3.21. The number of aromatic nitrogens is 1. The van der Waals surface area contributed by atoms with E-state index in [-0.39, 0.29) is 17.6 Å². The lowest BCUT2D eigenvalue weighted by Gasteiger charge is -2.30. The predicted octanol–water partition coefficient (Wildman–Crippen LogP) is 4.10. The van der Waals surface area contributed by atoms with Gasteiger partial charge in [-0.1, -0.05) is 30.3 Å². The van der Waals surface area contributed by atoms with Crippen molar-refractivity contribution in [1.82, 2.24) is 14.8 Å². The maximum absolute atomic E-state index is 12.9. The van der Waals surface area contributed by atoms with Crippen molar-refractivity contribution >= 4 is 22.6 Å². The van der Waals surface area contributed by atoms with Crippen LogP contribution in [0, 0.1) is 0 Å². The SMILES string of the molecule is CCn1c(=O)cc(C2CCN(C)CC2)c2cc(N3C(=O)NCC3c3ccccc3)ccc21. The van der Waals surface area contributed by atoms with Crippen molar-refractivity contribution in [2.75, 3.05) is 31.6 Å². The number of likely N-dealkylation sites (tertiary alicyclic amines) is 1. The summed E-state index contributed by atoms with van der Waals surface area (Å²) in [4.78, 5) is 29.9. The third-order valence-electron chi connectivity index (χ3n) is 7.04. The van der Waals surface area contributed by atoms with Crippen LogP contribution in [0.2, 0.25) is 0 Å². The molecule has 2 saturated heterocycles. The van der Waals surface area contributed by atoms with Crippen LogP contribution in [0.4, 0.5) is 10.5 Å². The van der Waals surface area contributed by atoms with Crippen molar-refractivity contribution in [3.63, 3.8) is 0 Å². The van der Waals surface area contributed by atoms with Crippen LogP contribution in [-0.2, 0) is 6.54 Å². The molecule has 1 unspecified atom stereocenters. The van der Waals surface area contributed by atoms with E-state index in [4.69, 9.17) is 0 Å². The van der Waals surface area contributed by atoms with Gasteiger partial charge in [-0.3, -0.25) is 9.69 Å². The van der Waals surface area contributed by atoms with Crippen LogP contribution in [0.1, 0.15) is 42.9 Å². The number of piperidine rings is 1. The van der Waals surface area contributed by atoms with Crippen molar-refractivity contribution in [3.8, 4) is 0 Å². The number of anilines is 1. The van der Waals surface area contributed by atoms with Gasteiger partial charge in [0.1, 0.15) is 0 Å². The van der Waals surface area contributed by atoms with Crippen molar-refractivity contribution < 1.29 is 4.79 Å². The number of hydrogen-bond donors (Lipinski definition) is 1. The molecular weight excluding hydrogens is 400 g/mol. The van der Waals surface area contributed by atoms with Gasteiger partial charge in [-0.05, 0) is 75.1 Å². The van der Waals surface area contributed by atoms with Gasteiger partial charge in [0, 0.05) is 30.2 Å². The quantitative estimate of drug-likeness (QED) is 0.678. The number of nitrogens with zero attached hydrogens (tertiary/aromatic N) is 3. The summed E-state index contributed by atoms with van der Waals surface area (Å²) >= 11 is 0. The second kappa shape index (κ2) is 8.43. The Balaban J connectivity index is 1.63. The van der Waals surface area contributed by atoms with E-state index >= 15 is 0 Å². The standard InChI is InChI=1S/C26H30N4O2/c1-3-29-23-10-9-20(30-24(17-27-26(30)32)19-7-5-4-6-8-19)15-22(23)21(16-25(29)31)18-11-13-28(2)14-12-18/h4-10,15-16,18,24H,3,11-14,17H2,1-2H3,(H,27,32). The summed E-state index contributed by atoms with van der Waals surface area (Å²) in [5.41, 5.74) is 4.12. The molecule has 5 rings (SSSR count). The van der Waals surface area contributed by atoms with E-state index in [0.717, 1.165) is 53.6 Å². The number of rotatable bonds is 4. The molecule has 0 spiro atoms. The molecule has 1 N–H and O–H groups in total. The maximum Gasteiger partial charge on any atom is 0.322 e. The molecule has 2 aliphatic heterocycles. The minimum Gasteiger partial charge on any atom is -0.335 e. The molecule has 32 heavy (non-hydrogen) atoms. The first kappa shape index (κ1) is 20.8. The zero-order valence-corrected chi connectivity index (χ0v) is 18.8. The molecule has 2 fully saturated rings. The van der Waals surface area contributed by atoms with Crippen LogP contribution < -0.4 is 15.8 Å². The van der Waals surface area contributed by atoms with Crippen molar-refractivity contribution in [2.24, 2.45) is 0 Å². The smallest absolute Gasteiger partial charge is 0.322 e. The Morgan fingerprint density at radius 3 is 2.47 bits per heavy atom. The van der Waals surface area contributed by atoms with Crippen molar-refractivity contribution in [3.05, 3.63) is 76.1 Å². The number of pyridine rings is 1. The van der Waals surface area contributed by atoms with Crippen molar-refractivity contribution in [2.45, 2.75) is 38.3 Å². The lowest BCUT2D eigenvalue weighted by Crippen LogP contribution is -2.31. The summed E-state index contributed by atoms with van der Waals surface area (Å²) in [7, 11) is 2.15. The molecule has 1 atom stereocenters. The maximum atomic E-state index is 12.9. The largest absolute Gasteiger partial charge is 0.335 e. The summed E-state index contributed by atoms with van der Waals surface area (Å²) in [5.74, 6) is 0.362. The van der Waals surface area contributed by atoms with Crippen molar-refractivity contribution in [1.29, 1.82) is 0 Å². The third kappa shape index (κ3) is 3.58. The number of fused-ring (bicyclic) bond motifs is 1. The number of carbonyl (C=O) groups excluding carboxylic acids is 1. The second-order valence-corrected chi connectivity index (χ2v) is 8.94. The fourth-order valence-corrected chi connectivity index (χ4v) is 5.27. The molecule has 6 nitrogen and oxygen atoms in total. The molecule has 0 aliphatic carbocycles. The van der Waals surface area contributed by atoms with E-state index in [1.54, 1.807) is 0 Å². The highest BCUT2D eigenvalue weighted by Crippen LogP contribution is 2.36. The molecule has 0 bridgehead atoms. The molecule has 2 aliphatic rings. The summed E-state index contributed by atoms with van der Waals surface area (Å²) in [5, 5.41) is 4.09. The highest BCUT2D eigenvalue weighted by molar-refractivity contribution is 5.98. The van der Waals surface area contributed by atoms with Crippen LogP contribution in [-0.4, -0.2) is 42.2 Å². The summed E-state index contributed by atoms with van der Waals surface area (Å²) < 4.78 is 1.83. The molecule has 2 aromatic carbocycles. The molecule has 6 heteroatoms. The van der Waals surface area contributed by atoms with Gasteiger partial charge in [-0.25, -0.2) is 4.79 Å². The van der Waals surface area contributed by atoms with E-state index in [2.05, 4.69) is 35.5 Å². The van der Waals surface area contributed by atoms with Gasteiger partial charge in [0.25, 0.3) is 5.56 Å². The van der Waals surface area contributed by atoms with E-state index < -0.39 is 0 Å². The topological polar surface area (TPSA) is 57.6 Å². The molecule has 3 heterocycles. The highest BCUT2D eigenvalue weighted by Gasteiger charge is 2.33. The van der Waals surface area contributed by atoms with Crippen LogP contribution in [0.5, 0.6) is 0 Å². The lowest BCUT2D eigenvalue weighted by molar-refractivity contribution is 0.251. The first-order valence-corrected chi connectivity index (χ1v) is 11.5. The lowest BCUT2D eigenvalue weighted by atomic mass is 9.87. The Morgan fingerprint density at radius 1 is 1.00 bits per heavy atom. The fourth-order valence-electron chi connectivity index (χ4n) is 5.27. The number of benzene rings is 2. The van der Waals surface area contributed by atoms with Crippen LogP contribution in [0.25, 0.3) is 10.9 Å². The summed E-state index contributed by atoms with van der Waals surface area (Å²) in [6.07, 6.45) is 2.09. The van der Waals surface area contributed by atoms with E-state index in [9.17, 15) is 9.59 Å². The first-order valence-electron chi connectivity index (χ1n) is 11.5. The predicted molar refractivity (Wildman–Crippen MR) is 128 cm³/mol. The molecule has 3 aromatic rings. The third-order valence-corrected chi connectivity index (χ3v) is 7.04. The number of aryl methyl sites for hydroxylation is 1. The monoisotopic (exact) mass is 430 g/mol. The Kier molecular flexibility index (Phi) is 5.47. The van der Waals surface area contributed by atoms with Gasteiger partial charge in [0.05, 0.1) is 11.6 Å². The van der Waals surface area contributed by atoms with Gasteiger partial charge < -0.3 is 14.8 Å². The number of carbonyl (C=O) groups is 1. The fraction of sp³-hybridized carbons (Fsp3) is 0.385. The molecule has 0 saturated carbocycles. The highest BCUT2D eigenvalue weighted by atomic mass is 16.2. The number of urea groups is 1. The van der Waals surface area contributed by atoms with Crippen LogP contribution in [0.15, 0.2) is 59.4 Å². The normalized spacial score (nSPS) is 20.1. The number of nitrogens with one attached hydrogen (secondary N) is 1. The van der Waals surface area contributed by atoms with Gasteiger partial charge >= 0.3 is 6.03 Å². The minimum absolute atomic E-state index is 0.0509. The zero-order valence-electron chi connectivity index (χ0n) is 18.8. The van der Waals surface area contributed by atoms with Gasteiger partial charge in [0.15, 0.2) is 0 Å². The zero-order chi connectivity index (χ0) is 22.2. The van der Waals surface area contributed by atoms with E-state index in [0.29, 0.717) is 19.0 Å². The summed E-state index contributed by atoms with van der Waals surface area (Å²) in [6, 6.07) is 18.0. The number of hydrogen-bond acceptors (Lipinski definition) is 3. The second-order valence-electron chi connectivity index (χ2n) is 8.94.